The Morgan fingerprint density at radius 1 is 1.03 bits per heavy atom. The largest absolute Gasteiger partial charge is 0.452 e. The molecule has 0 bridgehead atoms. The second-order valence-electron chi connectivity index (χ2n) is 6.47. The standard InChI is InChI=1S/C21H26N2O5S/c1-3-4-8-14-22-20(24)16-28-21(25)17-10-9-13-19(15-17)29(26,27)23(2)18-11-6-5-7-12-18/h5-7,9-13,15H,3-4,8,14,16H2,1-2H3,(H,22,24). The molecule has 0 aromatic heterocycles. The monoisotopic (exact) mass is 418 g/mol. The third-order valence-electron chi connectivity index (χ3n) is 4.28. The lowest BCUT2D eigenvalue weighted by Crippen LogP contribution is -2.29. The van der Waals surface area contributed by atoms with Crippen molar-refractivity contribution in [3.63, 3.8) is 0 Å². The maximum absolute atomic E-state index is 12.9. The molecule has 2 aromatic rings. The van der Waals surface area contributed by atoms with Crippen LogP contribution >= 0.6 is 0 Å². The second-order valence-corrected chi connectivity index (χ2v) is 8.44. The van der Waals surface area contributed by atoms with Gasteiger partial charge in [0, 0.05) is 13.6 Å². The minimum absolute atomic E-state index is 0.0395. The summed E-state index contributed by atoms with van der Waals surface area (Å²) in [6.07, 6.45) is 2.92. The molecule has 1 N–H and O–H groups in total. The van der Waals surface area contributed by atoms with Crippen molar-refractivity contribution in [2.45, 2.75) is 31.1 Å². The lowest BCUT2D eigenvalue weighted by molar-refractivity contribution is -0.124. The predicted molar refractivity (Wildman–Crippen MR) is 111 cm³/mol. The first-order valence-corrected chi connectivity index (χ1v) is 10.9. The fraction of sp³-hybridized carbons (Fsp3) is 0.333. The summed E-state index contributed by atoms with van der Waals surface area (Å²) in [6.45, 7) is 2.19. The number of hydrogen-bond acceptors (Lipinski definition) is 5. The van der Waals surface area contributed by atoms with Crippen LogP contribution < -0.4 is 9.62 Å². The number of carbonyl (C=O) groups is 2. The highest BCUT2D eigenvalue weighted by atomic mass is 32.2. The van der Waals surface area contributed by atoms with Crippen molar-refractivity contribution in [3.8, 4) is 0 Å². The summed E-state index contributed by atoms with van der Waals surface area (Å²) in [6, 6.07) is 14.2. The van der Waals surface area contributed by atoms with E-state index in [2.05, 4.69) is 12.2 Å². The van der Waals surface area contributed by atoms with Gasteiger partial charge in [-0.05, 0) is 36.8 Å². The first-order chi connectivity index (χ1) is 13.9. The molecule has 0 aliphatic rings. The number of sulfonamides is 1. The Labute approximate surface area is 171 Å². The number of amides is 1. The summed E-state index contributed by atoms with van der Waals surface area (Å²) in [5.74, 6) is -1.14. The van der Waals surface area contributed by atoms with Gasteiger partial charge < -0.3 is 10.1 Å². The summed E-state index contributed by atoms with van der Waals surface area (Å²) in [5.41, 5.74) is 0.562. The molecule has 8 heteroatoms. The predicted octanol–water partition coefficient (Wildman–Crippen LogP) is 2.97. The lowest BCUT2D eigenvalue weighted by Gasteiger charge is -2.19. The van der Waals surface area contributed by atoms with Crippen LogP contribution in [-0.4, -0.2) is 40.5 Å². The number of esters is 1. The van der Waals surface area contributed by atoms with E-state index in [0.29, 0.717) is 12.2 Å². The first kappa shape index (κ1) is 22.4. The molecule has 29 heavy (non-hydrogen) atoms. The van der Waals surface area contributed by atoms with E-state index in [4.69, 9.17) is 4.74 Å². The van der Waals surface area contributed by atoms with Gasteiger partial charge in [0.2, 0.25) is 0 Å². The summed E-state index contributed by atoms with van der Waals surface area (Å²) < 4.78 is 31.8. The van der Waals surface area contributed by atoms with Gasteiger partial charge in [-0.25, -0.2) is 13.2 Å². The Kier molecular flexibility index (Phi) is 8.21. The number of nitrogens with one attached hydrogen (secondary N) is 1. The second kappa shape index (κ2) is 10.6. The quantitative estimate of drug-likeness (QED) is 0.473. The van der Waals surface area contributed by atoms with Crippen LogP contribution in [0.25, 0.3) is 0 Å². The molecule has 1 amide bonds. The molecule has 0 saturated heterocycles. The van der Waals surface area contributed by atoms with E-state index in [-0.39, 0.29) is 16.4 Å². The van der Waals surface area contributed by atoms with Gasteiger partial charge in [-0.15, -0.1) is 0 Å². The fourth-order valence-corrected chi connectivity index (χ4v) is 3.83. The molecule has 0 radical (unpaired) electrons. The van der Waals surface area contributed by atoms with E-state index in [1.54, 1.807) is 30.3 Å². The minimum atomic E-state index is -3.85. The number of ether oxygens (including phenoxy) is 1. The molecule has 7 nitrogen and oxygen atoms in total. The molecule has 2 aromatic carbocycles. The Hall–Kier alpha value is -2.87. The van der Waals surface area contributed by atoms with Crippen molar-refractivity contribution in [2.75, 3.05) is 24.5 Å². The van der Waals surface area contributed by atoms with Gasteiger partial charge in [-0.2, -0.15) is 0 Å². The zero-order valence-corrected chi connectivity index (χ0v) is 17.4. The van der Waals surface area contributed by atoms with E-state index in [0.717, 1.165) is 23.6 Å². The third kappa shape index (κ3) is 6.32. The SMILES string of the molecule is CCCCCNC(=O)COC(=O)c1cccc(S(=O)(=O)N(C)c2ccccc2)c1. The normalized spacial score (nSPS) is 11.0. The van der Waals surface area contributed by atoms with Gasteiger partial charge in [0.25, 0.3) is 15.9 Å². The van der Waals surface area contributed by atoms with Gasteiger partial charge in [0.15, 0.2) is 6.61 Å². The molecule has 0 aliphatic heterocycles. The maximum atomic E-state index is 12.9. The average Bonchev–Trinajstić information content (AvgIpc) is 2.75. The van der Waals surface area contributed by atoms with Gasteiger partial charge >= 0.3 is 5.97 Å². The van der Waals surface area contributed by atoms with Gasteiger partial charge in [0.1, 0.15) is 0 Å². The highest BCUT2D eigenvalue weighted by molar-refractivity contribution is 7.92. The molecule has 0 spiro atoms. The van der Waals surface area contributed by atoms with Gasteiger partial charge in [0.05, 0.1) is 16.1 Å². The van der Waals surface area contributed by atoms with Crippen LogP contribution in [0, 0.1) is 0 Å². The van der Waals surface area contributed by atoms with Crippen molar-refractivity contribution in [2.24, 2.45) is 0 Å². The maximum Gasteiger partial charge on any atom is 0.338 e. The van der Waals surface area contributed by atoms with Crippen LogP contribution in [0.2, 0.25) is 0 Å². The summed E-state index contributed by atoms with van der Waals surface area (Å²) in [7, 11) is -2.41. The molecule has 156 valence electrons. The molecule has 0 unspecified atom stereocenters. The molecule has 0 fully saturated rings. The molecule has 0 aliphatic carbocycles. The molecule has 0 saturated carbocycles. The first-order valence-electron chi connectivity index (χ1n) is 9.44. The Morgan fingerprint density at radius 2 is 1.76 bits per heavy atom. The minimum Gasteiger partial charge on any atom is -0.452 e. The smallest absolute Gasteiger partial charge is 0.338 e. The van der Waals surface area contributed by atoms with Crippen molar-refractivity contribution in [3.05, 3.63) is 60.2 Å². The van der Waals surface area contributed by atoms with Crippen LogP contribution in [0.5, 0.6) is 0 Å². The van der Waals surface area contributed by atoms with E-state index < -0.39 is 22.6 Å². The summed E-state index contributed by atoms with van der Waals surface area (Å²) in [4.78, 5) is 23.9. The van der Waals surface area contributed by atoms with Crippen molar-refractivity contribution in [1.82, 2.24) is 5.32 Å². The number of nitrogens with zero attached hydrogens (tertiary/aromatic N) is 1. The van der Waals surface area contributed by atoms with Crippen molar-refractivity contribution >= 4 is 27.6 Å². The summed E-state index contributed by atoms with van der Waals surface area (Å²) >= 11 is 0. The molecule has 0 heterocycles. The number of hydrogen-bond donors (Lipinski definition) is 1. The topological polar surface area (TPSA) is 92.8 Å². The summed E-state index contributed by atoms with van der Waals surface area (Å²) in [5, 5.41) is 2.67. The van der Waals surface area contributed by atoms with E-state index in [9.17, 15) is 18.0 Å². The highest BCUT2D eigenvalue weighted by Gasteiger charge is 2.22. The molecular weight excluding hydrogens is 392 g/mol. The van der Waals surface area contributed by atoms with E-state index in [1.807, 2.05) is 0 Å². The highest BCUT2D eigenvalue weighted by Crippen LogP contribution is 2.22. The van der Waals surface area contributed by atoms with Crippen LogP contribution in [0.3, 0.4) is 0 Å². The van der Waals surface area contributed by atoms with Crippen LogP contribution in [0.1, 0.15) is 36.5 Å². The molecular formula is C21H26N2O5S. The number of benzene rings is 2. The Bertz CT molecular complexity index is 929. The average molecular weight is 419 g/mol. The Balaban J connectivity index is 2.03. The zero-order chi connectivity index (χ0) is 21.3. The van der Waals surface area contributed by atoms with Crippen LogP contribution in [0.4, 0.5) is 5.69 Å². The van der Waals surface area contributed by atoms with E-state index in [1.165, 1.54) is 31.3 Å². The molecule has 2 rings (SSSR count). The zero-order valence-electron chi connectivity index (χ0n) is 16.6. The molecule has 0 atom stereocenters. The number of para-hydroxylation sites is 1. The number of rotatable bonds is 10. The third-order valence-corrected chi connectivity index (χ3v) is 6.07. The van der Waals surface area contributed by atoms with Crippen LogP contribution in [-0.2, 0) is 19.6 Å². The number of carbonyl (C=O) groups excluding carboxylic acids is 2. The number of anilines is 1. The Morgan fingerprint density at radius 3 is 2.45 bits per heavy atom. The fourth-order valence-electron chi connectivity index (χ4n) is 2.59. The van der Waals surface area contributed by atoms with Gasteiger partial charge in [-0.1, -0.05) is 44.0 Å². The number of unbranched alkanes of at least 4 members (excludes halogenated alkanes) is 2. The van der Waals surface area contributed by atoms with Gasteiger partial charge in [-0.3, -0.25) is 9.10 Å². The van der Waals surface area contributed by atoms with Crippen molar-refractivity contribution in [1.29, 1.82) is 0 Å². The van der Waals surface area contributed by atoms with E-state index >= 15 is 0 Å². The lowest BCUT2D eigenvalue weighted by atomic mass is 10.2. The van der Waals surface area contributed by atoms with Crippen molar-refractivity contribution < 1.29 is 22.7 Å². The van der Waals surface area contributed by atoms with Crippen LogP contribution in [0.15, 0.2) is 59.5 Å².